The van der Waals surface area contributed by atoms with Crippen LogP contribution in [0.1, 0.15) is 19.8 Å². The van der Waals surface area contributed by atoms with Gasteiger partial charge in [0.2, 0.25) is 0 Å². The Morgan fingerprint density at radius 3 is 2.77 bits per heavy atom. The molecule has 0 aromatic carbocycles. The summed E-state index contributed by atoms with van der Waals surface area (Å²) in [4.78, 5) is 10.8. The van der Waals surface area contributed by atoms with Gasteiger partial charge in [0.25, 0.3) is 0 Å². The van der Waals surface area contributed by atoms with Gasteiger partial charge >= 0.3 is 5.97 Å². The van der Waals surface area contributed by atoms with Gasteiger partial charge in [-0.05, 0) is 25.3 Å². The summed E-state index contributed by atoms with van der Waals surface area (Å²) in [6.07, 6.45) is 9.49. The predicted molar refractivity (Wildman–Crippen MR) is 52.2 cm³/mol. The summed E-state index contributed by atoms with van der Waals surface area (Å²) in [5.74, 6) is -0.299. The van der Waals surface area contributed by atoms with Crippen LogP contribution in [0.3, 0.4) is 0 Å². The van der Waals surface area contributed by atoms with Gasteiger partial charge in [0, 0.05) is 6.08 Å². The normalized spacial score (nSPS) is 16.8. The van der Waals surface area contributed by atoms with Crippen molar-refractivity contribution in [2.75, 3.05) is 7.11 Å². The van der Waals surface area contributed by atoms with Gasteiger partial charge in [-0.2, -0.15) is 0 Å². The maximum absolute atomic E-state index is 10.8. The van der Waals surface area contributed by atoms with E-state index in [1.54, 1.807) is 0 Å². The van der Waals surface area contributed by atoms with Crippen LogP contribution in [0, 0.1) is 0 Å². The number of methoxy groups -OCH3 is 1. The minimum Gasteiger partial charge on any atom is -0.466 e. The van der Waals surface area contributed by atoms with Crippen LogP contribution in [0.2, 0.25) is 0 Å². The minimum atomic E-state index is -0.299. The Hall–Kier alpha value is -1.31. The molecule has 0 saturated carbocycles. The van der Waals surface area contributed by atoms with Gasteiger partial charge in [-0.15, -0.1) is 0 Å². The van der Waals surface area contributed by atoms with Crippen LogP contribution in [0.5, 0.6) is 0 Å². The van der Waals surface area contributed by atoms with Crippen LogP contribution in [0.25, 0.3) is 0 Å². The smallest absolute Gasteiger partial charge is 0.330 e. The molecule has 1 rings (SSSR count). The first kappa shape index (κ1) is 9.78. The lowest BCUT2D eigenvalue weighted by Crippen LogP contribution is -1.95. The highest BCUT2D eigenvalue weighted by Crippen LogP contribution is 2.18. The Bertz CT molecular complexity index is 282. The molecule has 0 fully saturated rings. The number of hydrogen-bond donors (Lipinski definition) is 0. The van der Waals surface area contributed by atoms with Crippen molar-refractivity contribution in [2.45, 2.75) is 19.8 Å². The van der Waals surface area contributed by atoms with E-state index in [2.05, 4.69) is 17.7 Å². The molecule has 0 saturated heterocycles. The molecular formula is C11H14O2. The Balaban J connectivity index is 2.55. The van der Waals surface area contributed by atoms with Crippen molar-refractivity contribution in [1.29, 1.82) is 0 Å². The number of hydrogen-bond acceptors (Lipinski definition) is 2. The van der Waals surface area contributed by atoms with E-state index in [0.717, 1.165) is 12.8 Å². The molecule has 0 bridgehead atoms. The Labute approximate surface area is 78.6 Å². The van der Waals surface area contributed by atoms with E-state index in [0.29, 0.717) is 0 Å². The molecule has 1 aliphatic carbocycles. The number of ether oxygens (including phenoxy) is 1. The first-order valence-electron chi connectivity index (χ1n) is 4.34. The number of esters is 1. The number of carbonyl (C=O) groups excluding carboxylic acids is 1. The molecule has 0 heterocycles. The van der Waals surface area contributed by atoms with Crippen molar-refractivity contribution in [3.05, 3.63) is 35.5 Å². The quantitative estimate of drug-likeness (QED) is 0.479. The molecule has 0 radical (unpaired) electrons. The van der Waals surface area contributed by atoms with Crippen LogP contribution in [-0.2, 0) is 9.53 Å². The van der Waals surface area contributed by atoms with E-state index in [4.69, 9.17) is 0 Å². The molecule has 13 heavy (non-hydrogen) atoms. The van der Waals surface area contributed by atoms with Gasteiger partial charge < -0.3 is 4.74 Å². The van der Waals surface area contributed by atoms with Crippen LogP contribution in [-0.4, -0.2) is 13.1 Å². The fourth-order valence-corrected chi connectivity index (χ4v) is 1.14. The second-order valence-corrected chi connectivity index (χ2v) is 3.11. The van der Waals surface area contributed by atoms with Crippen molar-refractivity contribution < 1.29 is 9.53 Å². The zero-order valence-corrected chi connectivity index (χ0v) is 8.04. The Morgan fingerprint density at radius 1 is 1.46 bits per heavy atom. The van der Waals surface area contributed by atoms with E-state index in [9.17, 15) is 4.79 Å². The van der Waals surface area contributed by atoms with Crippen molar-refractivity contribution >= 4 is 5.97 Å². The molecule has 1 aliphatic rings. The fourth-order valence-electron chi connectivity index (χ4n) is 1.14. The van der Waals surface area contributed by atoms with E-state index in [1.807, 2.05) is 12.2 Å². The largest absolute Gasteiger partial charge is 0.466 e. The van der Waals surface area contributed by atoms with Gasteiger partial charge in [0.05, 0.1) is 7.11 Å². The third kappa shape index (κ3) is 3.28. The summed E-state index contributed by atoms with van der Waals surface area (Å²) in [6.45, 7) is 2.11. The standard InChI is InChI=1S/C11H14O2/c1-9-3-5-10(6-4-9)7-8-11(12)13-2/h3,5,7-8H,4,6H2,1-2H3. The van der Waals surface area contributed by atoms with E-state index in [1.165, 1.54) is 24.3 Å². The molecule has 2 nitrogen and oxygen atoms in total. The van der Waals surface area contributed by atoms with Crippen molar-refractivity contribution in [2.24, 2.45) is 0 Å². The summed E-state index contributed by atoms with van der Waals surface area (Å²) >= 11 is 0. The summed E-state index contributed by atoms with van der Waals surface area (Å²) in [5, 5.41) is 0. The Kier molecular flexibility index (Phi) is 3.50. The summed E-state index contributed by atoms with van der Waals surface area (Å²) < 4.78 is 4.49. The van der Waals surface area contributed by atoms with Crippen molar-refractivity contribution in [3.8, 4) is 0 Å². The maximum atomic E-state index is 10.8. The first-order valence-corrected chi connectivity index (χ1v) is 4.34. The molecule has 0 aliphatic heterocycles. The number of carbonyl (C=O) groups is 1. The highest BCUT2D eigenvalue weighted by Gasteiger charge is 2.00. The zero-order chi connectivity index (χ0) is 9.68. The molecule has 70 valence electrons. The predicted octanol–water partition coefficient (Wildman–Crippen LogP) is 2.38. The average molecular weight is 178 g/mol. The molecule has 0 aromatic rings. The van der Waals surface area contributed by atoms with Crippen LogP contribution < -0.4 is 0 Å². The number of rotatable bonds is 2. The Morgan fingerprint density at radius 2 is 2.23 bits per heavy atom. The van der Waals surface area contributed by atoms with Crippen molar-refractivity contribution in [3.63, 3.8) is 0 Å². The van der Waals surface area contributed by atoms with Crippen LogP contribution in [0.4, 0.5) is 0 Å². The highest BCUT2D eigenvalue weighted by molar-refractivity contribution is 5.82. The van der Waals surface area contributed by atoms with Gasteiger partial charge in [-0.1, -0.05) is 23.8 Å². The summed E-state index contributed by atoms with van der Waals surface area (Å²) in [6, 6.07) is 0. The molecule has 0 aromatic heterocycles. The van der Waals surface area contributed by atoms with Gasteiger partial charge in [-0.25, -0.2) is 4.79 Å². The molecule has 0 spiro atoms. The molecular weight excluding hydrogens is 164 g/mol. The van der Waals surface area contributed by atoms with E-state index in [-0.39, 0.29) is 5.97 Å². The topological polar surface area (TPSA) is 26.3 Å². The molecule has 0 N–H and O–H groups in total. The van der Waals surface area contributed by atoms with Crippen LogP contribution >= 0.6 is 0 Å². The zero-order valence-electron chi connectivity index (χ0n) is 8.04. The maximum Gasteiger partial charge on any atom is 0.330 e. The van der Waals surface area contributed by atoms with Crippen LogP contribution in [0.15, 0.2) is 35.5 Å². The van der Waals surface area contributed by atoms with Gasteiger partial charge in [-0.3, -0.25) is 0 Å². The molecule has 0 atom stereocenters. The lowest BCUT2D eigenvalue weighted by molar-refractivity contribution is -0.134. The van der Waals surface area contributed by atoms with Crippen molar-refractivity contribution in [1.82, 2.24) is 0 Å². The summed E-state index contributed by atoms with van der Waals surface area (Å²) in [5.41, 5.74) is 2.56. The van der Waals surface area contributed by atoms with Gasteiger partial charge in [0.1, 0.15) is 0 Å². The second kappa shape index (κ2) is 4.65. The molecule has 0 amide bonds. The SMILES string of the molecule is COC(=O)C=CC1=CC=C(C)CC1. The number of allylic oxidation sites excluding steroid dienone is 5. The third-order valence-corrected chi connectivity index (χ3v) is 2.02. The monoisotopic (exact) mass is 178 g/mol. The van der Waals surface area contributed by atoms with E-state index >= 15 is 0 Å². The van der Waals surface area contributed by atoms with Gasteiger partial charge in [0.15, 0.2) is 0 Å². The fraction of sp³-hybridized carbons (Fsp3) is 0.364. The molecule has 0 unspecified atom stereocenters. The molecule has 2 heteroatoms. The second-order valence-electron chi connectivity index (χ2n) is 3.11. The lowest BCUT2D eigenvalue weighted by Gasteiger charge is -2.07. The minimum absolute atomic E-state index is 0.299. The summed E-state index contributed by atoms with van der Waals surface area (Å²) in [7, 11) is 1.38. The first-order chi connectivity index (χ1) is 6.22. The van der Waals surface area contributed by atoms with E-state index < -0.39 is 0 Å². The highest BCUT2D eigenvalue weighted by atomic mass is 16.5. The third-order valence-electron chi connectivity index (χ3n) is 2.02. The lowest BCUT2D eigenvalue weighted by atomic mass is 9.99. The average Bonchev–Trinajstić information content (AvgIpc) is 2.16.